The van der Waals surface area contributed by atoms with E-state index < -0.39 is 20.7 Å². The minimum absolute atomic E-state index is 0.371. The molecule has 18 heavy (non-hydrogen) atoms. The highest BCUT2D eigenvalue weighted by atomic mass is 35.7. The monoisotopic (exact) mass is 306 g/mol. The molecule has 1 aromatic rings. The number of halogens is 1. The Labute approximate surface area is 115 Å². The maximum atomic E-state index is 11.3. The summed E-state index contributed by atoms with van der Waals surface area (Å²) < 4.78 is 21.4. The number of nitrogens with one attached hydrogen (secondary N) is 1. The first-order valence-corrected chi connectivity index (χ1v) is 7.73. The van der Waals surface area contributed by atoms with Crippen molar-refractivity contribution >= 4 is 42.8 Å². The molecule has 0 saturated carbocycles. The molecule has 0 aliphatic rings. The summed E-state index contributed by atoms with van der Waals surface area (Å²) in [4.78, 5) is 11.7. The van der Waals surface area contributed by atoms with E-state index in [-0.39, 0.29) is 0 Å². The molecule has 1 aromatic carbocycles. The van der Waals surface area contributed by atoms with E-state index in [1.807, 2.05) is 6.07 Å². The zero-order valence-electron chi connectivity index (χ0n) is 9.46. The number of hydrogen-bond acceptors (Lipinski definition) is 4. The van der Waals surface area contributed by atoms with Gasteiger partial charge in [-0.3, -0.25) is 15.2 Å². The molecule has 0 fully saturated rings. The van der Waals surface area contributed by atoms with Crippen LogP contribution in [0.4, 0.5) is 0 Å². The Kier molecular flexibility index (Phi) is 5.06. The van der Waals surface area contributed by atoms with Gasteiger partial charge in [-0.15, -0.1) is 0 Å². The lowest BCUT2D eigenvalue weighted by Crippen LogP contribution is -2.44. The van der Waals surface area contributed by atoms with Gasteiger partial charge in [0.05, 0.1) is 0 Å². The Hall–Kier alpha value is -1.18. The third-order valence-corrected chi connectivity index (χ3v) is 3.37. The average molecular weight is 307 g/mol. The Morgan fingerprint density at radius 3 is 2.44 bits per heavy atom. The SMILES string of the molecule is CN(NC(=O)CS(=O)(=O)Cl)C(=S)c1ccccc1. The highest BCUT2D eigenvalue weighted by molar-refractivity contribution is 8.14. The first kappa shape index (κ1) is 14.9. The van der Waals surface area contributed by atoms with Crippen molar-refractivity contribution in [2.45, 2.75) is 0 Å². The molecule has 0 aliphatic carbocycles. The first-order valence-electron chi connectivity index (χ1n) is 4.84. The van der Waals surface area contributed by atoms with Gasteiger partial charge in [0.25, 0.3) is 5.91 Å². The molecule has 0 radical (unpaired) electrons. The molecule has 1 N–H and O–H groups in total. The van der Waals surface area contributed by atoms with E-state index in [0.717, 1.165) is 5.56 Å². The van der Waals surface area contributed by atoms with Gasteiger partial charge in [-0.2, -0.15) is 0 Å². The van der Waals surface area contributed by atoms with Crippen molar-refractivity contribution in [3.63, 3.8) is 0 Å². The molecule has 0 bridgehead atoms. The van der Waals surface area contributed by atoms with Gasteiger partial charge in [-0.05, 0) is 0 Å². The van der Waals surface area contributed by atoms with Crippen molar-refractivity contribution < 1.29 is 13.2 Å². The standard InChI is InChI=1S/C10H11ClN2O3S2/c1-13(12-9(14)7-18(11,15)16)10(17)8-5-3-2-4-6-8/h2-6H,7H2,1H3,(H,12,14). The van der Waals surface area contributed by atoms with Crippen LogP contribution in [0.15, 0.2) is 30.3 Å². The van der Waals surface area contributed by atoms with Gasteiger partial charge >= 0.3 is 0 Å². The minimum atomic E-state index is -3.87. The molecule has 1 rings (SSSR count). The summed E-state index contributed by atoms with van der Waals surface area (Å²) in [7, 11) is 2.62. The zero-order chi connectivity index (χ0) is 13.8. The van der Waals surface area contributed by atoms with Gasteiger partial charge in [-0.25, -0.2) is 8.42 Å². The average Bonchev–Trinajstić information content (AvgIpc) is 2.26. The highest BCUT2D eigenvalue weighted by Crippen LogP contribution is 2.03. The first-order chi connectivity index (χ1) is 8.29. The summed E-state index contributed by atoms with van der Waals surface area (Å²) in [6.07, 6.45) is 0. The van der Waals surface area contributed by atoms with E-state index in [4.69, 9.17) is 22.9 Å². The van der Waals surface area contributed by atoms with Crippen LogP contribution in [-0.4, -0.2) is 37.1 Å². The fraction of sp³-hybridized carbons (Fsp3) is 0.200. The van der Waals surface area contributed by atoms with Crippen molar-refractivity contribution in [1.82, 2.24) is 10.4 Å². The molecule has 8 heteroatoms. The lowest BCUT2D eigenvalue weighted by Gasteiger charge is -2.20. The molecular weight excluding hydrogens is 296 g/mol. The second-order valence-electron chi connectivity index (χ2n) is 3.45. The minimum Gasteiger partial charge on any atom is -0.277 e. The maximum absolute atomic E-state index is 11.3. The van der Waals surface area contributed by atoms with E-state index in [9.17, 15) is 13.2 Å². The van der Waals surface area contributed by atoms with Gasteiger partial charge in [0.2, 0.25) is 9.05 Å². The zero-order valence-corrected chi connectivity index (χ0v) is 11.8. The summed E-state index contributed by atoms with van der Waals surface area (Å²) >= 11 is 5.13. The molecule has 0 heterocycles. The van der Waals surface area contributed by atoms with Crippen LogP contribution in [-0.2, 0) is 13.8 Å². The Bertz CT molecular complexity index is 546. The number of hydrazine groups is 1. The molecule has 0 spiro atoms. The number of rotatable bonds is 3. The topological polar surface area (TPSA) is 66.5 Å². The third-order valence-electron chi connectivity index (χ3n) is 1.92. The van der Waals surface area contributed by atoms with Crippen LogP contribution in [0.1, 0.15) is 5.56 Å². The second kappa shape index (κ2) is 6.12. The van der Waals surface area contributed by atoms with E-state index in [1.54, 1.807) is 24.3 Å². The van der Waals surface area contributed by atoms with E-state index >= 15 is 0 Å². The van der Waals surface area contributed by atoms with Crippen molar-refractivity contribution in [2.24, 2.45) is 0 Å². The Morgan fingerprint density at radius 1 is 1.39 bits per heavy atom. The highest BCUT2D eigenvalue weighted by Gasteiger charge is 2.16. The largest absolute Gasteiger partial charge is 0.277 e. The second-order valence-corrected chi connectivity index (χ2v) is 6.61. The number of carbonyl (C=O) groups is 1. The summed E-state index contributed by atoms with van der Waals surface area (Å²) in [5, 5.41) is 1.27. The number of thiocarbonyl (C=S) groups is 1. The van der Waals surface area contributed by atoms with Crippen LogP contribution in [0.5, 0.6) is 0 Å². The van der Waals surface area contributed by atoms with Crippen molar-refractivity contribution in [1.29, 1.82) is 0 Å². The van der Waals surface area contributed by atoms with Crippen molar-refractivity contribution in [2.75, 3.05) is 12.8 Å². The van der Waals surface area contributed by atoms with Crippen LogP contribution >= 0.6 is 22.9 Å². The fourth-order valence-corrected chi connectivity index (χ4v) is 2.06. The smallest absolute Gasteiger partial charge is 0.255 e. The van der Waals surface area contributed by atoms with E-state index in [1.165, 1.54) is 12.1 Å². The van der Waals surface area contributed by atoms with Gasteiger partial charge in [0.15, 0.2) is 0 Å². The molecule has 0 atom stereocenters. The molecule has 5 nitrogen and oxygen atoms in total. The summed E-state index contributed by atoms with van der Waals surface area (Å²) in [5.41, 5.74) is 3.06. The Morgan fingerprint density at radius 2 is 1.94 bits per heavy atom. The van der Waals surface area contributed by atoms with Crippen molar-refractivity contribution in [3.8, 4) is 0 Å². The molecule has 98 valence electrons. The van der Waals surface area contributed by atoms with E-state index in [0.29, 0.717) is 4.99 Å². The Balaban J connectivity index is 2.64. The van der Waals surface area contributed by atoms with Gasteiger partial charge in [0.1, 0.15) is 10.7 Å². The molecule has 0 saturated heterocycles. The number of benzene rings is 1. The van der Waals surface area contributed by atoms with E-state index in [2.05, 4.69) is 5.43 Å². The quantitative estimate of drug-likeness (QED) is 0.510. The lowest BCUT2D eigenvalue weighted by molar-refractivity contribution is -0.121. The molecule has 1 amide bonds. The van der Waals surface area contributed by atoms with Crippen LogP contribution in [0.25, 0.3) is 0 Å². The normalized spacial score (nSPS) is 10.8. The molecule has 0 unspecified atom stereocenters. The third kappa shape index (κ3) is 4.99. The number of amides is 1. The number of carbonyl (C=O) groups excluding carboxylic acids is 1. The van der Waals surface area contributed by atoms with Gasteiger partial charge < -0.3 is 0 Å². The van der Waals surface area contributed by atoms with Gasteiger partial charge in [-0.1, -0.05) is 42.5 Å². The van der Waals surface area contributed by atoms with Crippen LogP contribution in [0.2, 0.25) is 0 Å². The number of nitrogens with zero attached hydrogens (tertiary/aromatic N) is 1. The fourth-order valence-electron chi connectivity index (χ4n) is 1.20. The summed E-state index contributed by atoms with van der Waals surface area (Å²) in [5.74, 6) is -1.54. The molecule has 0 aromatic heterocycles. The van der Waals surface area contributed by atoms with Crippen LogP contribution < -0.4 is 5.43 Å². The van der Waals surface area contributed by atoms with Crippen LogP contribution in [0.3, 0.4) is 0 Å². The predicted octanol–water partition coefficient (Wildman–Crippen LogP) is 0.894. The molecule has 0 aliphatic heterocycles. The summed E-state index contributed by atoms with van der Waals surface area (Å²) in [6, 6.07) is 9.01. The number of hydrogen-bond donors (Lipinski definition) is 1. The van der Waals surface area contributed by atoms with Crippen LogP contribution in [0, 0.1) is 0 Å². The lowest BCUT2D eigenvalue weighted by atomic mass is 10.2. The predicted molar refractivity (Wildman–Crippen MR) is 73.7 cm³/mol. The molecular formula is C10H11ClN2O3S2. The summed E-state index contributed by atoms with van der Waals surface area (Å²) in [6.45, 7) is 0. The maximum Gasteiger partial charge on any atom is 0.255 e. The van der Waals surface area contributed by atoms with Gasteiger partial charge in [0, 0.05) is 23.3 Å². The van der Waals surface area contributed by atoms with Crippen molar-refractivity contribution in [3.05, 3.63) is 35.9 Å².